The molecule has 0 saturated carbocycles. The number of carbonyl (C=O) groups excluding carboxylic acids is 1. The van der Waals surface area contributed by atoms with E-state index in [1.165, 1.54) is 19.3 Å². The summed E-state index contributed by atoms with van der Waals surface area (Å²) in [5.74, 6) is -0.411. The molecule has 0 heterocycles. The first kappa shape index (κ1) is 19.1. The SMILES string of the molecule is CCCOc1ccc(C=CC(=O)c2ccc([N+](=O)[O-])cc2F)cc1OC. The lowest BCUT2D eigenvalue weighted by Gasteiger charge is -2.10. The van der Waals surface area contributed by atoms with E-state index in [2.05, 4.69) is 0 Å². The number of allylic oxidation sites excluding steroid dienone is 1. The van der Waals surface area contributed by atoms with Crippen LogP contribution in [0.25, 0.3) is 6.08 Å². The van der Waals surface area contributed by atoms with E-state index in [4.69, 9.17) is 9.47 Å². The Labute approximate surface area is 150 Å². The Hall–Kier alpha value is -3.22. The largest absolute Gasteiger partial charge is 0.493 e. The standard InChI is InChI=1S/C19H18FNO5/c1-3-10-26-18-9-5-13(11-19(18)25-2)4-8-17(22)15-7-6-14(21(23)24)12-16(15)20/h4-9,11-12H,3,10H2,1-2H3. The zero-order chi connectivity index (χ0) is 19.1. The summed E-state index contributed by atoms with van der Waals surface area (Å²) < 4.78 is 24.7. The van der Waals surface area contributed by atoms with Crippen LogP contribution >= 0.6 is 0 Å². The van der Waals surface area contributed by atoms with Crippen molar-refractivity contribution in [1.29, 1.82) is 0 Å². The first-order valence-electron chi connectivity index (χ1n) is 7.93. The molecule has 0 spiro atoms. The van der Waals surface area contributed by atoms with Crippen LogP contribution in [0.4, 0.5) is 10.1 Å². The van der Waals surface area contributed by atoms with Gasteiger partial charge in [0.05, 0.1) is 30.3 Å². The molecule has 0 amide bonds. The zero-order valence-electron chi connectivity index (χ0n) is 14.4. The number of carbonyl (C=O) groups is 1. The normalized spacial score (nSPS) is 10.7. The maximum atomic E-state index is 13.9. The molecule has 0 aliphatic rings. The second-order valence-corrected chi connectivity index (χ2v) is 5.38. The molecule has 0 aliphatic carbocycles. The van der Waals surface area contributed by atoms with Crippen LogP contribution in [0.3, 0.4) is 0 Å². The summed E-state index contributed by atoms with van der Waals surface area (Å²) in [6.07, 6.45) is 3.57. The van der Waals surface area contributed by atoms with Gasteiger partial charge in [0.25, 0.3) is 5.69 Å². The molecule has 2 rings (SSSR count). The topological polar surface area (TPSA) is 78.7 Å². The summed E-state index contributed by atoms with van der Waals surface area (Å²) in [5.41, 5.74) is 0.0264. The monoisotopic (exact) mass is 359 g/mol. The number of ketones is 1. The van der Waals surface area contributed by atoms with Gasteiger partial charge in [-0.25, -0.2) is 4.39 Å². The van der Waals surface area contributed by atoms with Crippen LogP contribution in [-0.2, 0) is 0 Å². The number of nitro benzene ring substituents is 1. The molecule has 0 saturated heterocycles. The van der Waals surface area contributed by atoms with Gasteiger partial charge in [-0.15, -0.1) is 0 Å². The van der Waals surface area contributed by atoms with Gasteiger partial charge in [-0.3, -0.25) is 14.9 Å². The molecule has 0 atom stereocenters. The van der Waals surface area contributed by atoms with Crippen molar-refractivity contribution in [2.75, 3.05) is 13.7 Å². The van der Waals surface area contributed by atoms with E-state index in [1.54, 1.807) is 18.2 Å². The van der Waals surface area contributed by atoms with Crippen molar-refractivity contribution in [2.24, 2.45) is 0 Å². The molecular weight excluding hydrogens is 341 g/mol. The minimum Gasteiger partial charge on any atom is -0.493 e. The number of hydrogen-bond acceptors (Lipinski definition) is 5. The average molecular weight is 359 g/mol. The molecule has 0 fully saturated rings. The highest BCUT2D eigenvalue weighted by Crippen LogP contribution is 2.28. The average Bonchev–Trinajstić information content (AvgIpc) is 2.64. The fourth-order valence-corrected chi connectivity index (χ4v) is 2.20. The van der Waals surface area contributed by atoms with Crippen molar-refractivity contribution in [3.05, 3.63) is 69.5 Å². The second kappa shape index (κ2) is 8.75. The summed E-state index contributed by atoms with van der Waals surface area (Å²) in [6, 6.07) is 8.08. The third-order valence-electron chi connectivity index (χ3n) is 3.51. The van der Waals surface area contributed by atoms with E-state index in [9.17, 15) is 19.3 Å². The number of nitrogens with zero attached hydrogens (tertiary/aromatic N) is 1. The minimum atomic E-state index is -0.935. The van der Waals surface area contributed by atoms with E-state index < -0.39 is 22.2 Å². The molecule has 0 bridgehead atoms. The molecule has 26 heavy (non-hydrogen) atoms. The zero-order valence-corrected chi connectivity index (χ0v) is 14.4. The number of benzene rings is 2. The van der Waals surface area contributed by atoms with Gasteiger partial charge in [0.1, 0.15) is 5.82 Å². The smallest absolute Gasteiger partial charge is 0.272 e. The molecule has 0 aliphatic heterocycles. The Kier molecular flexibility index (Phi) is 6.43. The summed E-state index contributed by atoms with van der Waals surface area (Å²) in [4.78, 5) is 22.0. The van der Waals surface area contributed by atoms with Crippen molar-refractivity contribution in [2.45, 2.75) is 13.3 Å². The Balaban J connectivity index is 2.18. The van der Waals surface area contributed by atoms with Gasteiger partial charge in [-0.1, -0.05) is 19.1 Å². The van der Waals surface area contributed by atoms with Crippen LogP contribution < -0.4 is 9.47 Å². The van der Waals surface area contributed by atoms with Crippen LogP contribution in [0, 0.1) is 15.9 Å². The molecule has 0 radical (unpaired) electrons. The van der Waals surface area contributed by atoms with E-state index in [1.807, 2.05) is 6.92 Å². The van der Waals surface area contributed by atoms with Gasteiger partial charge in [-0.05, 0) is 36.3 Å². The third-order valence-corrected chi connectivity index (χ3v) is 3.51. The van der Waals surface area contributed by atoms with Gasteiger partial charge >= 0.3 is 0 Å². The third kappa shape index (κ3) is 4.66. The Morgan fingerprint density at radius 2 is 2.00 bits per heavy atom. The molecular formula is C19H18FNO5. The molecule has 6 nitrogen and oxygen atoms in total. The van der Waals surface area contributed by atoms with Crippen LogP contribution in [-0.4, -0.2) is 24.4 Å². The van der Waals surface area contributed by atoms with Crippen molar-refractivity contribution < 1.29 is 23.6 Å². The van der Waals surface area contributed by atoms with E-state index in [0.717, 1.165) is 24.6 Å². The molecule has 2 aromatic carbocycles. The lowest BCUT2D eigenvalue weighted by molar-refractivity contribution is -0.385. The van der Waals surface area contributed by atoms with Crippen LogP contribution in [0.15, 0.2) is 42.5 Å². The summed E-state index contributed by atoms with van der Waals surface area (Å²) in [7, 11) is 1.51. The van der Waals surface area contributed by atoms with Crippen molar-refractivity contribution in [1.82, 2.24) is 0 Å². The number of rotatable bonds is 8. The summed E-state index contributed by atoms with van der Waals surface area (Å²) in [5, 5.41) is 10.6. The number of halogens is 1. The second-order valence-electron chi connectivity index (χ2n) is 5.38. The fraction of sp³-hybridized carbons (Fsp3) is 0.211. The van der Waals surface area contributed by atoms with Crippen LogP contribution in [0.1, 0.15) is 29.3 Å². The minimum absolute atomic E-state index is 0.235. The lowest BCUT2D eigenvalue weighted by Crippen LogP contribution is -2.00. The number of hydrogen-bond donors (Lipinski definition) is 0. The van der Waals surface area contributed by atoms with Crippen LogP contribution in [0.5, 0.6) is 11.5 Å². The molecule has 0 aromatic heterocycles. The number of non-ortho nitro benzene ring substituents is 1. The maximum absolute atomic E-state index is 13.9. The first-order chi connectivity index (χ1) is 12.5. The van der Waals surface area contributed by atoms with E-state index >= 15 is 0 Å². The summed E-state index contributed by atoms with van der Waals surface area (Å²) in [6.45, 7) is 2.55. The van der Waals surface area contributed by atoms with Gasteiger partial charge < -0.3 is 9.47 Å². The van der Waals surface area contributed by atoms with Gasteiger partial charge in [0.15, 0.2) is 17.3 Å². The predicted octanol–water partition coefficient (Wildman–Crippen LogP) is 4.43. The van der Waals surface area contributed by atoms with E-state index in [0.29, 0.717) is 23.7 Å². The fourth-order valence-electron chi connectivity index (χ4n) is 2.20. The quantitative estimate of drug-likeness (QED) is 0.302. The van der Waals surface area contributed by atoms with Gasteiger partial charge in [0.2, 0.25) is 0 Å². The highest BCUT2D eigenvalue weighted by molar-refractivity contribution is 6.07. The maximum Gasteiger partial charge on any atom is 0.272 e. The summed E-state index contributed by atoms with van der Waals surface area (Å²) >= 11 is 0. The van der Waals surface area contributed by atoms with Gasteiger partial charge in [0, 0.05) is 6.07 Å². The Morgan fingerprint density at radius 3 is 2.62 bits per heavy atom. The van der Waals surface area contributed by atoms with Crippen molar-refractivity contribution in [3.8, 4) is 11.5 Å². The van der Waals surface area contributed by atoms with Gasteiger partial charge in [-0.2, -0.15) is 0 Å². The molecule has 0 N–H and O–H groups in total. The first-order valence-corrected chi connectivity index (χ1v) is 7.93. The molecule has 136 valence electrons. The highest BCUT2D eigenvalue weighted by atomic mass is 19.1. The molecule has 0 unspecified atom stereocenters. The lowest BCUT2D eigenvalue weighted by atomic mass is 10.1. The Bertz CT molecular complexity index is 848. The number of ether oxygens (including phenoxy) is 2. The van der Waals surface area contributed by atoms with Crippen molar-refractivity contribution in [3.63, 3.8) is 0 Å². The van der Waals surface area contributed by atoms with Crippen LogP contribution in [0.2, 0.25) is 0 Å². The molecule has 2 aromatic rings. The highest BCUT2D eigenvalue weighted by Gasteiger charge is 2.14. The number of methoxy groups -OCH3 is 1. The van der Waals surface area contributed by atoms with Crippen molar-refractivity contribution >= 4 is 17.5 Å². The van der Waals surface area contributed by atoms with E-state index in [-0.39, 0.29) is 5.56 Å². The predicted molar refractivity (Wildman–Crippen MR) is 95.2 cm³/mol. The molecule has 7 heteroatoms. The Morgan fingerprint density at radius 1 is 1.23 bits per heavy atom. The number of nitro groups is 1.